The van der Waals surface area contributed by atoms with Crippen molar-refractivity contribution in [1.82, 2.24) is 5.32 Å². The number of ether oxygens (including phenoxy) is 1. The Balaban J connectivity index is 1.93. The van der Waals surface area contributed by atoms with Crippen LogP contribution in [-0.2, 0) is 4.74 Å². The zero-order valence-corrected chi connectivity index (χ0v) is 13.4. The van der Waals surface area contributed by atoms with Crippen LogP contribution in [0, 0.1) is 0 Å². The highest BCUT2D eigenvalue weighted by Gasteiger charge is 2.46. The van der Waals surface area contributed by atoms with Gasteiger partial charge in [0.05, 0.1) is 11.2 Å². The van der Waals surface area contributed by atoms with Crippen molar-refractivity contribution in [3.05, 3.63) is 0 Å². The Morgan fingerprint density at radius 3 is 2.44 bits per heavy atom. The van der Waals surface area contributed by atoms with Crippen molar-refractivity contribution in [3.8, 4) is 0 Å². The largest absolute Gasteiger partial charge is 0.368 e. The highest BCUT2D eigenvalue weighted by Crippen LogP contribution is 2.38. The highest BCUT2D eigenvalue weighted by molar-refractivity contribution is 7.99. The maximum absolute atomic E-state index is 6.18. The summed E-state index contributed by atoms with van der Waals surface area (Å²) in [5, 5.41) is 4.75. The molecule has 0 spiro atoms. The SMILES string of the molecule is CSC1CCCC(NC2CC(C)(C)OC2(C)C)C1. The van der Waals surface area contributed by atoms with E-state index in [1.54, 1.807) is 0 Å². The van der Waals surface area contributed by atoms with Gasteiger partial charge in [0.1, 0.15) is 0 Å². The molecule has 2 rings (SSSR count). The van der Waals surface area contributed by atoms with E-state index in [0.29, 0.717) is 12.1 Å². The van der Waals surface area contributed by atoms with Gasteiger partial charge in [-0.25, -0.2) is 0 Å². The van der Waals surface area contributed by atoms with Crippen molar-refractivity contribution < 1.29 is 4.74 Å². The van der Waals surface area contributed by atoms with Crippen molar-refractivity contribution in [2.24, 2.45) is 0 Å². The summed E-state index contributed by atoms with van der Waals surface area (Å²) in [5.74, 6) is 0. The molecule has 0 aromatic heterocycles. The van der Waals surface area contributed by atoms with E-state index >= 15 is 0 Å². The topological polar surface area (TPSA) is 21.3 Å². The Kier molecular flexibility index (Phi) is 4.35. The van der Waals surface area contributed by atoms with Crippen LogP contribution in [0.25, 0.3) is 0 Å². The van der Waals surface area contributed by atoms with Crippen LogP contribution < -0.4 is 5.32 Å². The van der Waals surface area contributed by atoms with Crippen molar-refractivity contribution >= 4 is 11.8 Å². The zero-order chi connectivity index (χ0) is 13.4. The van der Waals surface area contributed by atoms with Crippen LogP contribution in [0.4, 0.5) is 0 Å². The molecule has 0 aromatic carbocycles. The molecule has 18 heavy (non-hydrogen) atoms. The Morgan fingerprint density at radius 2 is 1.89 bits per heavy atom. The van der Waals surface area contributed by atoms with Gasteiger partial charge in [0, 0.05) is 17.3 Å². The van der Waals surface area contributed by atoms with Crippen LogP contribution in [0.15, 0.2) is 0 Å². The molecule has 2 fully saturated rings. The van der Waals surface area contributed by atoms with Crippen LogP contribution in [0.5, 0.6) is 0 Å². The molecule has 3 unspecified atom stereocenters. The van der Waals surface area contributed by atoms with Crippen LogP contribution >= 0.6 is 11.8 Å². The fourth-order valence-corrected chi connectivity index (χ4v) is 4.44. The smallest absolute Gasteiger partial charge is 0.0787 e. The quantitative estimate of drug-likeness (QED) is 0.847. The summed E-state index contributed by atoms with van der Waals surface area (Å²) in [7, 11) is 0. The highest BCUT2D eigenvalue weighted by atomic mass is 32.2. The molecule has 0 aromatic rings. The molecule has 106 valence electrons. The maximum atomic E-state index is 6.18. The summed E-state index contributed by atoms with van der Waals surface area (Å²) in [5.41, 5.74) is -0.00938. The second kappa shape index (κ2) is 5.34. The van der Waals surface area contributed by atoms with Gasteiger partial charge in [-0.2, -0.15) is 11.8 Å². The third-order valence-electron chi connectivity index (χ3n) is 4.47. The van der Waals surface area contributed by atoms with Gasteiger partial charge in [0.15, 0.2) is 0 Å². The van der Waals surface area contributed by atoms with Crippen molar-refractivity contribution in [2.75, 3.05) is 6.26 Å². The Labute approximate surface area is 117 Å². The number of thioether (sulfide) groups is 1. The van der Waals surface area contributed by atoms with E-state index in [9.17, 15) is 0 Å². The average molecular weight is 271 g/mol. The summed E-state index contributed by atoms with van der Waals surface area (Å²) >= 11 is 2.04. The maximum Gasteiger partial charge on any atom is 0.0787 e. The molecule has 1 heterocycles. The molecular weight excluding hydrogens is 242 g/mol. The van der Waals surface area contributed by atoms with Crippen LogP contribution in [-0.4, -0.2) is 34.8 Å². The molecule has 0 bridgehead atoms. The van der Waals surface area contributed by atoms with Gasteiger partial charge < -0.3 is 10.1 Å². The molecule has 0 radical (unpaired) electrons. The van der Waals surface area contributed by atoms with E-state index in [1.807, 2.05) is 11.8 Å². The average Bonchev–Trinajstić information content (AvgIpc) is 2.47. The Morgan fingerprint density at radius 1 is 1.17 bits per heavy atom. The first kappa shape index (κ1) is 14.7. The normalized spacial score (nSPS) is 38.8. The standard InChI is InChI=1S/C15H29NOS/c1-14(2)10-13(15(3,4)17-14)16-11-7-6-8-12(9-11)18-5/h11-13,16H,6-10H2,1-5H3. The summed E-state index contributed by atoms with van der Waals surface area (Å²) in [6.45, 7) is 8.88. The van der Waals surface area contributed by atoms with Gasteiger partial charge in [0.25, 0.3) is 0 Å². The van der Waals surface area contributed by atoms with E-state index in [-0.39, 0.29) is 11.2 Å². The van der Waals surface area contributed by atoms with Crippen molar-refractivity contribution in [1.29, 1.82) is 0 Å². The molecule has 1 saturated heterocycles. The van der Waals surface area contributed by atoms with Gasteiger partial charge in [0.2, 0.25) is 0 Å². The summed E-state index contributed by atoms with van der Waals surface area (Å²) in [4.78, 5) is 0. The minimum Gasteiger partial charge on any atom is -0.368 e. The van der Waals surface area contributed by atoms with Crippen LogP contribution in [0.2, 0.25) is 0 Å². The predicted molar refractivity (Wildman–Crippen MR) is 80.3 cm³/mol. The van der Waals surface area contributed by atoms with Crippen molar-refractivity contribution in [3.63, 3.8) is 0 Å². The number of rotatable bonds is 3. The molecule has 1 aliphatic carbocycles. The van der Waals surface area contributed by atoms with Crippen molar-refractivity contribution in [2.45, 2.75) is 88.3 Å². The lowest BCUT2D eigenvalue weighted by Crippen LogP contribution is -2.49. The molecule has 0 amide bonds. The first-order valence-electron chi connectivity index (χ1n) is 7.31. The monoisotopic (exact) mass is 271 g/mol. The van der Waals surface area contributed by atoms with E-state index in [4.69, 9.17) is 4.74 Å². The minimum absolute atomic E-state index is 0.0226. The number of nitrogens with one attached hydrogen (secondary N) is 1. The lowest BCUT2D eigenvalue weighted by molar-refractivity contribution is -0.0706. The molecular formula is C15H29NOS. The van der Waals surface area contributed by atoms with E-state index < -0.39 is 0 Å². The number of hydrogen-bond acceptors (Lipinski definition) is 3. The Bertz CT molecular complexity index is 290. The second-order valence-corrected chi connectivity index (χ2v) is 8.25. The summed E-state index contributed by atoms with van der Waals surface area (Å²) < 4.78 is 6.18. The third kappa shape index (κ3) is 3.43. The first-order valence-corrected chi connectivity index (χ1v) is 8.60. The van der Waals surface area contributed by atoms with Gasteiger partial charge in [-0.05, 0) is 59.6 Å². The van der Waals surface area contributed by atoms with E-state index in [0.717, 1.165) is 11.7 Å². The van der Waals surface area contributed by atoms with Crippen LogP contribution in [0.1, 0.15) is 59.8 Å². The van der Waals surface area contributed by atoms with E-state index in [2.05, 4.69) is 39.3 Å². The minimum atomic E-state index is -0.0319. The van der Waals surface area contributed by atoms with Gasteiger partial charge in [-0.3, -0.25) is 0 Å². The van der Waals surface area contributed by atoms with Gasteiger partial charge in [-0.15, -0.1) is 0 Å². The number of hydrogen-bond donors (Lipinski definition) is 1. The molecule has 3 atom stereocenters. The Hall–Kier alpha value is 0.270. The van der Waals surface area contributed by atoms with Gasteiger partial charge >= 0.3 is 0 Å². The first-order chi connectivity index (χ1) is 8.32. The van der Waals surface area contributed by atoms with Crippen LogP contribution in [0.3, 0.4) is 0 Å². The molecule has 2 nitrogen and oxygen atoms in total. The molecule has 1 aliphatic heterocycles. The second-order valence-electron chi connectivity index (χ2n) is 7.11. The lowest BCUT2D eigenvalue weighted by atomic mass is 9.90. The fourth-order valence-electron chi connectivity index (χ4n) is 3.62. The zero-order valence-electron chi connectivity index (χ0n) is 12.6. The van der Waals surface area contributed by atoms with Gasteiger partial charge in [-0.1, -0.05) is 6.42 Å². The lowest BCUT2D eigenvalue weighted by Gasteiger charge is -2.35. The molecule has 2 aliphatic rings. The molecule has 1 saturated carbocycles. The van der Waals surface area contributed by atoms with E-state index in [1.165, 1.54) is 25.7 Å². The summed E-state index contributed by atoms with van der Waals surface area (Å²) in [6, 6.07) is 1.19. The predicted octanol–water partition coefficient (Wildman–Crippen LogP) is 3.60. The molecule has 1 N–H and O–H groups in total. The third-order valence-corrected chi connectivity index (χ3v) is 5.57. The fraction of sp³-hybridized carbons (Fsp3) is 1.00. The molecule has 3 heteroatoms. The summed E-state index contributed by atoms with van der Waals surface area (Å²) in [6.07, 6.45) is 8.81.